The molecule has 15 heteroatoms. The normalized spacial score (nSPS) is 12.1. The van der Waals surface area contributed by atoms with E-state index in [9.17, 15) is 19.2 Å². The van der Waals surface area contributed by atoms with Gasteiger partial charge in [-0.2, -0.15) is 0 Å². The SMILES string of the molecule is CC(C)CCCC(C)CCOc1ccc(C(=O)Oc2ccc(C(=O)Oc3ccc(-c4ccc(OC(=O)c5ccc(OC(=O)c6ccc(OCCCCCC[Si](C)(C)O[Si](C)(C)O[Si](C)(C)C)cc6)cc5)cc4)cc3)cc2)cc1. The zero-order chi connectivity index (χ0) is 56.3. The molecule has 0 bridgehead atoms. The highest BCUT2D eigenvalue weighted by Crippen LogP contribution is 2.28. The van der Waals surface area contributed by atoms with Crippen molar-refractivity contribution in [2.24, 2.45) is 11.8 Å². The Balaban J connectivity index is 0.866. The molecule has 0 radical (unpaired) electrons. The fourth-order valence-electron chi connectivity index (χ4n) is 8.86. The van der Waals surface area contributed by atoms with Gasteiger partial charge in [-0.1, -0.05) is 83.6 Å². The lowest BCUT2D eigenvalue weighted by Gasteiger charge is -2.37. The highest BCUT2D eigenvalue weighted by atomic mass is 28.5. The van der Waals surface area contributed by atoms with Gasteiger partial charge in [0, 0.05) is 0 Å². The number of rotatable bonds is 29. The molecule has 0 aromatic heterocycles. The van der Waals surface area contributed by atoms with Gasteiger partial charge in [-0.15, -0.1) is 0 Å². The van der Waals surface area contributed by atoms with Crippen LogP contribution in [0.15, 0.2) is 146 Å². The molecular formula is C63H78O12Si3. The van der Waals surface area contributed by atoms with Gasteiger partial charge >= 0.3 is 32.4 Å². The van der Waals surface area contributed by atoms with Crippen LogP contribution in [0.2, 0.25) is 51.9 Å². The van der Waals surface area contributed by atoms with Gasteiger partial charge in [0.15, 0.2) is 16.6 Å². The minimum Gasteiger partial charge on any atom is -0.494 e. The van der Waals surface area contributed by atoms with Crippen molar-refractivity contribution >= 4 is 49.1 Å². The first-order chi connectivity index (χ1) is 37.1. The van der Waals surface area contributed by atoms with Gasteiger partial charge in [0.2, 0.25) is 0 Å². The first kappa shape index (κ1) is 60.6. The Bertz CT molecular complexity index is 2840. The average molecular weight is 1110 g/mol. The molecule has 0 saturated carbocycles. The summed E-state index contributed by atoms with van der Waals surface area (Å²) in [5.74, 6) is 1.78. The maximum atomic E-state index is 13.0. The maximum Gasteiger partial charge on any atom is 0.343 e. The lowest BCUT2D eigenvalue weighted by molar-refractivity contribution is 0.0720. The number of unbranched alkanes of at least 4 members (excludes halogenated alkanes) is 3. The van der Waals surface area contributed by atoms with Crippen LogP contribution in [0.25, 0.3) is 11.1 Å². The molecule has 1 unspecified atom stereocenters. The Morgan fingerprint density at radius 1 is 0.372 bits per heavy atom. The van der Waals surface area contributed by atoms with Gasteiger partial charge < -0.3 is 36.7 Å². The highest BCUT2D eigenvalue weighted by Gasteiger charge is 2.37. The van der Waals surface area contributed by atoms with Crippen molar-refractivity contribution in [3.8, 4) is 45.6 Å². The Kier molecular flexibility index (Phi) is 22.4. The van der Waals surface area contributed by atoms with E-state index >= 15 is 0 Å². The smallest absolute Gasteiger partial charge is 0.343 e. The largest absolute Gasteiger partial charge is 0.494 e. The number of benzene rings is 6. The van der Waals surface area contributed by atoms with Gasteiger partial charge in [-0.3, -0.25) is 0 Å². The van der Waals surface area contributed by atoms with Crippen molar-refractivity contribution in [1.29, 1.82) is 0 Å². The molecule has 78 heavy (non-hydrogen) atoms. The Morgan fingerprint density at radius 2 is 0.718 bits per heavy atom. The molecule has 0 fully saturated rings. The molecule has 0 aliphatic carbocycles. The third-order valence-electron chi connectivity index (χ3n) is 12.6. The molecule has 1 atom stereocenters. The van der Waals surface area contributed by atoms with Crippen LogP contribution in [-0.4, -0.2) is 62.3 Å². The summed E-state index contributed by atoms with van der Waals surface area (Å²) in [5, 5.41) is 0. The summed E-state index contributed by atoms with van der Waals surface area (Å²) in [6.45, 7) is 23.6. The molecule has 0 heterocycles. The summed E-state index contributed by atoms with van der Waals surface area (Å²) in [6.07, 6.45) is 8.93. The summed E-state index contributed by atoms with van der Waals surface area (Å²) < 4.78 is 47.2. The molecule has 0 amide bonds. The van der Waals surface area contributed by atoms with Crippen LogP contribution in [0.5, 0.6) is 34.5 Å². The third kappa shape index (κ3) is 21.0. The third-order valence-corrected chi connectivity index (χ3v) is 22.8. The predicted octanol–water partition coefficient (Wildman–Crippen LogP) is 16.2. The molecule has 0 saturated heterocycles. The van der Waals surface area contributed by atoms with Crippen LogP contribution in [0, 0.1) is 11.8 Å². The van der Waals surface area contributed by atoms with Crippen LogP contribution in [0.3, 0.4) is 0 Å². The maximum absolute atomic E-state index is 13.0. The van der Waals surface area contributed by atoms with Gasteiger partial charge in [0.05, 0.1) is 35.5 Å². The zero-order valence-corrected chi connectivity index (χ0v) is 50.2. The van der Waals surface area contributed by atoms with Crippen molar-refractivity contribution in [1.82, 2.24) is 0 Å². The molecule has 6 rings (SSSR count). The van der Waals surface area contributed by atoms with Crippen molar-refractivity contribution in [2.75, 3.05) is 13.2 Å². The summed E-state index contributed by atoms with van der Waals surface area (Å²) in [5.41, 5.74) is 3.02. The van der Waals surface area contributed by atoms with Crippen LogP contribution < -0.4 is 28.4 Å². The van der Waals surface area contributed by atoms with E-state index in [0.717, 1.165) is 55.2 Å². The van der Waals surface area contributed by atoms with Crippen molar-refractivity contribution in [3.63, 3.8) is 0 Å². The number of ether oxygens (including phenoxy) is 6. The van der Waals surface area contributed by atoms with E-state index < -0.39 is 49.1 Å². The summed E-state index contributed by atoms with van der Waals surface area (Å²) in [4.78, 5) is 51.7. The second kappa shape index (κ2) is 28.8. The second-order valence-corrected chi connectivity index (χ2v) is 34.9. The van der Waals surface area contributed by atoms with Gasteiger partial charge in [-0.05, 0) is 209 Å². The molecule has 0 aliphatic rings. The lowest BCUT2D eigenvalue weighted by Crippen LogP contribution is -2.51. The quantitative estimate of drug-likeness (QED) is 0.0191. The minimum absolute atomic E-state index is 0.282. The lowest BCUT2D eigenvalue weighted by atomic mass is 9.98. The van der Waals surface area contributed by atoms with Crippen LogP contribution >= 0.6 is 0 Å². The van der Waals surface area contributed by atoms with E-state index in [1.54, 1.807) is 97.1 Å². The predicted molar refractivity (Wildman–Crippen MR) is 315 cm³/mol. The molecule has 6 aromatic rings. The fraction of sp³-hybridized carbons (Fsp3) is 0.365. The Hall–Kier alpha value is -6.63. The van der Waals surface area contributed by atoms with E-state index in [0.29, 0.717) is 53.3 Å². The number of hydrogen-bond acceptors (Lipinski definition) is 12. The second-order valence-electron chi connectivity index (χ2n) is 22.3. The first-order valence-electron chi connectivity index (χ1n) is 27.2. The van der Waals surface area contributed by atoms with Crippen molar-refractivity contribution in [3.05, 3.63) is 168 Å². The summed E-state index contributed by atoms with van der Waals surface area (Å²) in [6, 6.07) is 41.2. The molecular weight excluding hydrogens is 1030 g/mol. The fourth-order valence-corrected chi connectivity index (χ4v) is 22.1. The van der Waals surface area contributed by atoms with Gasteiger partial charge in [0.25, 0.3) is 0 Å². The number of carbonyl (C=O) groups excluding carboxylic acids is 4. The van der Waals surface area contributed by atoms with E-state index in [1.807, 2.05) is 24.3 Å². The van der Waals surface area contributed by atoms with Crippen LogP contribution in [0.4, 0.5) is 0 Å². The molecule has 12 nitrogen and oxygen atoms in total. The number of hydrogen-bond donors (Lipinski definition) is 0. The van der Waals surface area contributed by atoms with Gasteiger partial charge in [-0.25, -0.2) is 19.2 Å². The standard InChI is InChI=1S/C63H78O12Si3/c1-46(2)16-15-17-47(3)42-44-69-55-32-24-51(25-33-55)61(65)73-59-40-28-53(29-41-59)63(67)71-57-36-20-49(21-37-57)48-18-34-56(35-19-48)70-62(66)52-26-38-58(39-27-52)72-60(64)50-22-30-54(31-23-50)68-43-13-11-12-14-45-77(7,8)75-78(9,10)74-76(4,5)6/h18-41,46-47H,11-17,42-45H2,1-10H3. The monoisotopic (exact) mass is 1110 g/mol. The Morgan fingerprint density at radius 3 is 1.09 bits per heavy atom. The topological polar surface area (TPSA) is 142 Å². The number of esters is 4. The van der Waals surface area contributed by atoms with Crippen LogP contribution in [-0.2, 0) is 8.23 Å². The van der Waals surface area contributed by atoms with E-state index in [2.05, 4.69) is 66.6 Å². The van der Waals surface area contributed by atoms with Gasteiger partial charge in [0.1, 0.15) is 34.5 Å². The molecule has 0 spiro atoms. The molecule has 0 aliphatic heterocycles. The first-order valence-corrected chi connectivity index (χ1v) is 36.6. The molecule has 6 aromatic carbocycles. The molecule has 0 N–H and O–H groups in total. The van der Waals surface area contributed by atoms with Crippen molar-refractivity contribution < 1.29 is 55.8 Å². The number of carbonyl (C=O) groups is 4. The highest BCUT2D eigenvalue weighted by molar-refractivity contribution is 6.87. The van der Waals surface area contributed by atoms with Crippen molar-refractivity contribution in [2.45, 2.75) is 124 Å². The van der Waals surface area contributed by atoms with E-state index in [4.69, 9.17) is 36.7 Å². The van der Waals surface area contributed by atoms with Crippen LogP contribution in [0.1, 0.15) is 114 Å². The summed E-state index contributed by atoms with van der Waals surface area (Å²) >= 11 is 0. The molecule has 414 valence electrons. The summed E-state index contributed by atoms with van der Waals surface area (Å²) in [7, 11) is -5.56. The van der Waals surface area contributed by atoms with E-state index in [1.165, 1.54) is 43.5 Å². The van der Waals surface area contributed by atoms with E-state index in [-0.39, 0.29) is 22.6 Å². The Labute approximate surface area is 465 Å². The minimum atomic E-state index is -2.12. The average Bonchev–Trinajstić information content (AvgIpc) is 3.39. The zero-order valence-electron chi connectivity index (χ0n) is 47.2.